The maximum atomic E-state index is 12.4. The summed E-state index contributed by atoms with van der Waals surface area (Å²) in [5, 5.41) is 12.6. The second kappa shape index (κ2) is 7.52. The van der Waals surface area contributed by atoms with Crippen LogP contribution in [0.4, 0.5) is 0 Å². The lowest BCUT2D eigenvalue weighted by Crippen LogP contribution is -2.45. The number of rotatable bonds is 5. The van der Waals surface area contributed by atoms with Crippen LogP contribution < -0.4 is 0 Å². The van der Waals surface area contributed by atoms with Crippen molar-refractivity contribution in [3.05, 3.63) is 22.7 Å². The van der Waals surface area contributed by atoms with E-state index in [0.717, 1.165) is 32.2 Å². The van der Waals surface area contributed by atoms with E-state index in [-0.39, 0.29) is 18.6 Å². The fraction of sp³-hybridized carbons (Fsp3) is 0.533. The minimum Gasteiger partial charge on any atom is -0.451 e. The lowest BCUT2D eigenvalue weighted by Gasteiger charge is -2.35. The van der Waals surface area contributed by atoms with Gasteiger partial charge in [-0.05, 0) is 47.6 Å². The summed E-state index contributed by atoms with van der Waals surface area (Å²) < 4.78 is 6.63. The standard InChI is InChI=1S/C15H19N5O3S/c1-2-11-5-3-4-7-19(11)13(21)9-23-15(22)14-12(6-8-24-14)20-10-16-17-18-20/h6,8,10-11H,2-5,7,9H2,1H3. The second-order valence-corrected chi connectivity index (χ2v) is 6.53. The molecule has 0 aliphatic carbocycles. The van der Waals surface area contributed by atoms with Gasteiger partial charge in [-0.25, -0.2) is 4.79 Å². The Morgan fingerprint density at radius 1 is 1.42 bits per heavy atom. The van der Waals surface area contributed by atoms with Gasteiger partial charge in [-0.3, -0.25) is 4.79 Å². The first-order chi connectivity index (χ1) is 11.7. The zero-order valence-corrected chi connectivity index (χ0v) is 14.2. The number of nitrogens with zero attached hydrogens (tertiary/aromatic N) is 5. The van der Waals surface area contributed by atoms with Gasteiger partial charge in [0.15, 0.2) is 6.61 Å². The summed E-state index contributed by atoms with van der Waals surface area (Å²) in [5.74, 6) is -0.663. The number of likely N-dealkylation sites (tertiary alicyclic amines) is 1. The van der Waals surface area contributed by atoms with E-state index in [1.54, 1.807) is 11.4 Å². The van der Waals surface area contributed by atoms with E-state index in [1.165, 1.54) is 22.3 Å². The Balaban J connectivity index is 1.62. The lowest BCUT2D eigenvalue weighted by molar-refractivity contribution is -0.138. The molecule has 0 spiro atoms. The second-order valence-electron chi connectivity index (χ2n) is 5.61. The highest BCUT2D eigenvalue weighted by Gasteiger charge is 2.26. The average Bonchev–Trinajstić information content (AvgIpc) is 3.29. The number of hydrogen-bond donors (Lipinski definition) is 0. The Morgan fingerprint density at radius 3 is 3.04 bits per heavy atom. The molecule has 0 aromatic carbocycles. The minimum atomic E-state index is -0.533. The summed E-state index contributed by atoms with van der Waals surface area (Å²) in [6, 6.07) is 1.99. The van der Waals surface area contributed by atoms with Gasteiger partial charge in [-0.2, -0.15) is 4.68 Å². The van der Waals surface area contributed by atoms with E-state index < -0.39 is 5.97 Å². The zero-order valence-electron chi connectivity index (χ0n) is 13.4. The van der Waals surface area contributed by atoms with Crippen molar-refractivity contribution in [2.75, 3.05) is 13.2 Å². The molecule has 1 aliphatic heterocycles. The van der Waals surface area contributed by atoms with Crippen LogP contribution in [0.1, 0.15) is 42.3 Å². The van der Waals surface area contributed by atoms with Gasteiger partial charge in [0.1, 0.15) is 11.2 Å². The summed E-state index contributed by atoms with van der Waals surface area (Å²) >= 11 is 1.23. The van der Waals surface area contributed by atoms with Crippen LogP contribution in [0.2, 0.25) is 0 Å². The number of thiophene rings is 1. The molecular weight excluding hydrogens is 330 g/mol. The van der Waals surface area contributed by atoms with E-state index >= 15 is 0 Å². The zero-order chi connectivity index (χ0) is 16.9. The maximum absolute atomic E-state index is 12.4. The first-order valence-corrected chi connectivity index (χ1v) is 8.86. The van der Waals surface area contributed by atoms with Crippen LogP contribution in [0, 0.1) is 0 Å². The smallest absolute Gasteiger partial charge is 0.351 e. The van der Waals surface area contributed by atoms with Crippen molar-refractivity contribution in [3.8, 4) is 5.69 Å². The van der Waals surface area contributed by atoms with Gasteiger partial charge in [-0.1, -0.05) is 6.92 Å². The molecule has 9 heteroatoms. The molecule has 1 saturated heterocycles. The van der Waals surface area contributed by atoms with E-state index in [4.69, 9.17) is 4.74 Å². The molecule has 3 heterocycles. The molecule has 2 aromatic rings. The summed E-state index contributed by atoms with van der Waals surface area (Å²) in [4.78, 5) is 26.9. The molecule has 3 rings (SSSR count). The van der Waals surface area contributed by atoms with Crippen molar-refractivity contribution < 1.29 is 14.3 Å². The summed E-state index contributed by atoms with van der Waals surface area (Å²) in [6.07, 6.45) is 5.50. The third-order valence-electron chi connectivity index (χ3n) is 4.17. The predicted octanol–water partition coefficient (Wildman–Crippen LogP) is 1.67. The van der Waals surface area contributed by atoms with Crippen molar-refractivity contribution in [2.24, 2.45) is 0 Å². The Morgan fingerprint density at radius 2 is 2.29 bits per heavy atom. The monoisotopic (exact) mass is 349 g/mol. The number of carbonyl (C=O) groups is 2. The highest BCUT2D eigenvalue weighted by molar-refractivity contribution is 7.12. The first kappa shape index (κ1) is 16.6. The number of amides is 1. The SMILES string of the molecule is CCC1CCCCN1C(=O)COC(=O)c1sccc1-n1cnnn1. The molecule has 1 aliphatic rings. The van der Waals surface area contributed by atoms with Crippen molar-refractivity contribution in [1.82, 2.24) is 25.1 Å². The first-order valence-electron chi connectivity index (χ1n) is 7.98. The van der Waals surface area contributed by atoms with Crippen LogP contribution in [0.3, 0.4) is 0 Å². The molecule has 0 N–H and O–H groups in total. The Hall–Kier alpha value is -2.29. The molecule has 2 aromatic heterocycles. The Kier molecular flexibility index (Phi) is 5.19. The van der Waals surface area contributed by atoms with Crippen molar-refractivity contribution in [2.45, 2.75) is 38.6 Å². The Bertz CT molecular complexity index is 700. The van der Waals surface area contributed by atoms with Gasteiger partial charge in [0.2, 0.25) is 0 Å². The molecule has 24 heavy (non-hydrogen) atoms. The molecule has 1 fully saturated rings. The van der Waals surface area contributed by atoms with Gasteiger partial charge in [-0.15, -0.1) is 16.4 Å². The van der Waals surface area contributed by atoms with Crippen LogP contribution in [-0.4, -0.2) is 56.2 Å². The molecule has 8 nitrogen and oxygen atoms in total. The number of tetrazole rings is 1. The van der Waals surface area contributed by atoms with Gasteiger partial charge >= 0.3 is 5.97 Å². The summed E-state index contributed by atoms with van der Waals surface area (Å²) in [5.41, 5.74) is 0.548. The van der Waals surface area contributed by atoms with E-state index in [9.17, 15) is 9.59 Å². The molecule has 0 radical (unpaired) electrons. The van der Waals surface area contributed by atoms with Gasteiger partial charge in [0.25, 0.3) is 5.91 Å². The predicted molar refractivity (Wildman–Crippen MR) is 87.0 cm³/mol. The van der Waals surface area contributed by atoms with Crippen LogP contribution in [0.25, 0.3) is 5.69 Å². The maximum Gasteiger partial charge on any atom is 0.351 e. The summed E-state index contributed by atoms with van der Waals surface area (Å²) in [6.45, 7) is 2.58. The van der Waals surface area contributed by atoms with Crippen molar-refractivity contribution in [3.63, 3.8) is 0 Å². The average molecular weight is 349 g/mol. The van der Waals surface area contributed by atoms with Crippen LogP contribution in [-0.2, 0) is 9.53 Å². The highest BCUT2D eigenvalue weighted by atomic mass is 32.1. The molecule has 1 atom stereocenters. The van der Waals surface area contributed by atoms with Crippen LogP contribution in [0.5, 0.6) is 0 Å². The van der Waals surface area contributed by atoms with Gasteiger partial charge < -0.3 is 9.64 Å². The molecule has 1 unspecified atom stereocenters. The largest absolute Gasteiger partial charge is 0.451 e. The number of esters is 1. The van der Waals surface area contributed by atoms with Crippen molar-refractivity contribution in [1.29, 1.82) is 0 Å². The van der Waals surface area contributed by atoms with Gasteiger partial charge in [0.05, 0.1) is 5.69 Å². The van der Waals surface area contributed by atoms with Crippen molar-refractivity contribution >= 4 is 23.2 Å². The normalized spacial score (nSPS) is 17.7. The molecule has 0 saturated carbocycles. The van der Waals surface area contributed by atoms with Gasteiger partial charge in [0, 0.05) is 12.6 Å². The third kappa shape index (κ3) is 3.45. The van der Waals surface area contributed by atoms with E-state index in [2.05, 4.69) is 22.4 Å². The molecule has 128 valence electrons. The van der Waals surface area contributed by atoms with E-state index in [0.29, 0.717) is 10.6 Å². The number of ether oxygens (including phenoxy) is 1. The lowest BCUT2D eigenvalue weighted by atomic mass is 10.00. The van der Waals surface area contributed by atoms with Crippen LogP contribution in [0.15, 0.2) is 17.8 Å². The fourth-order valence-corrected chi connectivity index (χ4v) is 3.71. The molecule has 1 amide bonds. The quantitative estimate of drug-likeness (QED) is 0.763. The minimum absolute atomic E-state index is 0.129. The summed E-state index contributed by atoms with van der Waals surface area (Å²) in [7, 11) is 0. The topological polar surface area (TPSA) is 90.2 Å². The Labute approximate surface area is 143 Å². The molecule has 0 bridgehead atoms. The number of aromatic nitrogens is 4. The van der Waals surface area contributed by atoms with Crippen LogP contribution >= 0.6 is 11.3 Å². The number of hydrogen-bond acceptors (Lipinski definition) is 7. The van der Waals surface area contributed by atoms with E-state index in [1.807, 2.05) is 4.90 Å². The molecular formula is C15H19N5O3S. The number of piperidine rings is 1. The highest BCUT2D eigenvalue weighted by Crippen LogP contribution is 2.22. The third-order valence-corrected chi connectivity index (χ3v) is 5.05. The number of carbonyl (C=O) groups excluding carboxylic acids is 2. The fourth-order valence-electron chi connectivity index (χ4n) is 2.94.